The SMILES string of the molecule is CCOC(=O)C(C)Sc1nnc(CNC(=O)c2ccc(OC)cc2)n1-c1cccc(Cl)c1. The van der Waals surface area contributed by atoms with Crippen LogP contribution in [0.4, 0.5) is 0 Å². The third-order valence-corrected chi connectivity index (χ3v) is 5.68. The topological polar surface area (TPSA) is 95.3 Å². The van der Waals surface area contributed by atoms with Crippen molar-refractivity contribution in [2.75, 3.05) is 13.7 Å². The van der Waals surface area contributed by atoms with Gasteiger partial charge in [0.25, 0.3) is 5.91 Å². The minimum Gasteiger partial charge on any atom is -0.497 e. The van der Waals surface area contributed by atoms with E-state index in [1.165, 1.54) is 11.8 Å². The maximum atomic E-state index is 12.6. The molecule has 10 heteroatoms. The zero-order chi connectivity index (χ0) is 23.1. The molecule has 2 aromatic carbocycles. The van der Waals surface area contributed by atoms with Crippen LogP contribution in [0.2, 0.25) is 5.02 Å². The minimum absolute atomic E-state index is 0.124. The molecule has 0 aliphatic heterocycles. The second-order valence-electron chi connectivity index (χ2n) is 6.64. The fourth-order valence-corrected chi connectivity index (χ4v) is 3.90. The maximum absolute atomic E-state index is 12.6. The van der Waals surface area contributed by atoms with Crippen molar-refractivity contribution < 1.29 is 19.1 Å². The standard InChI is InChI=1S/C22H23ClN4O4S/c1-4-31-21(29)14(2)32-22-26-25-19(27(22)17-7-5-6-16(23)12-17)13-24-20(28)15-8-10-18(30-3)11-9-15/h5-12,14H,4,13H2,1-3H3,(H,24,28). The highest BCUT2D eigenvalue weighted by Crippen LogP contribution is 2.27. The molecule has 0 saturated heterocycles. The summed E-state index contributed by atoms with van der Waals surface area (Å²) < 4.78 is 12.0. The first-order valence-corrected chi connectivity index (χ1v) is 11.1. The van der Waals surface area contributed by atoms with Crippen LogP contribution in [0, 0.1) is 0 Å². The Kier molecular flexibility index (Phi) is 8.13. The number of methoxy groups -OCH3 is 1. The number of aromatic nitrogens is 3. The van der Waals surface area contributed by atoms with Crippen LogP contribution < -0.4 is 10.1 Å². The van der Waals surface area contributed by atoms with Gasteiger partial charge in [-0.05, 0) is 56.3 Å². The van der Waals surface area contributed by atoms with Gasteiger partial charge < -0.3 is 14.8 Å². The van der Waals surface area contributed by atoms with Crippen molar-refractivity contribution in [2.45, 2.75) is 30.8 Å². The number of carbonyl (C=O) groups excluding carboxylic acids is 2. The average Bonchev–Trinajstić information content (AvgIpc) is 3.19. The van der Waals surface area contributed by atoms with E-state index in [-0.39, 0.29) is 18.4 Å². The van der Waals surface area contributed by atoms with Gasteiger partial charge in [0.2, 0.25) is 0 Å². The highest BCUT2D eigenvalue weighted by molar-refractivity contribution is 8.00. The monoisotopic (exact) mass is 474 g/mol. The molecule has 0 aliphatic carbocycles. The van der Waals surface area contributed by atoms with E-state index < -0.39 is 5.25 Å². The van der Waals surface area contributed by atoms with E-state index in [9.17, 15) is 9.59 Å². The summed E-state index contributed by atoms with van der Waals surface area (Å²) in [7, 11) is 1.57. The van der Waals surface area contributed by atoms with Crippen molar-refractivity contribution in [1.82, 2.24) is 20.1 Å². The van der Waals surface area contributed by atoms with E-state index in [1.54, 1.807) is 68.0 Å². The van der Waals surface area contributed by atoms with Crippen LogP contribution in [0.1, 0.15) is 30.0 Å². The number of nitrogens with one attached hydrogen (secondary N) is 1. The van der Waals surface area contributed by atoms with Crippen LogP contribution in [-0.2, 0) is 16.1 Å². The van der Waals surface area contributed by atoms with Gasteiger partial charge in [0.15, 0.2) is 11.0 Å². The normalized spacial score (nSPS) is 11.6. The molecule has 3 rings (SSSR count). The molecule has 0 saturated carbocycles. The van der Waals surface area contributed by atoms with Crippen molar-refractivity contribution in [2.24, 2.45) is 0 Å². The van der Waals surface area contributed by atoms with E-state index >= 15 is 0 Å². The van der Waals surface area contributed by atoms with Crippen molar-refractivity contribution in [3.05, 3.63) is 64.9 Å². The fourth-order valence-electron chi connectivity index (χ4n) is 2.84. The number of esters is 1. The first-order valence-electron chi connectivity index (χ1n) is 9.88. The van der Waals surface area contributed by atoms with Crippen molar-refractivity contribution in [1.29, 1.82) is 0 Å². The van der Waals surface area contributed by atoms with Crippen LogP contribution >= 0.6 is 23.4 Å². The summed E-state index contributed by atoms with van der Waals surface area (Å²) in [5.41, 5.74) is 1.21. The molecule has 168 valence electrons. The van der Waals surface area contributed by atoms with Crippen molar-refractivity contribution >= 4 is 35.2 Å². The Morgan fingerprint density at radius 2 is 1.94 bits per heavy atom. The Morgan fingerprint density at radius 1 is 1.19 bits per heavy atom. The molecule has 0 bridgehead atoms. The molecule has 0 spiro atoms. The summed E-state index contributed by atoms with van der Waals surface area (Å²) in [5.74, 6) is 0.558. The zero-order valence-corrected chi connectivity index (χ0v) is 19.4. The number of hydrogen-bond donors (Lipinski definition) is 1. The molecule has 1 N–H and O–H groups in total. The molecule has 1 amide bonds. The molecule has 1 atom stereocenters. The van der Waals surface area contributed by atoms with E-state index in [4.69, 9.17) is 21.1 Å². The number of thioether (sulfide) groups is 1. The predicted molar refractivity (Wildman–Crippen MR) is 122 cm³/mol. The van der Waals surface area contributed by atoms with E-state index in [0.29, 0.717) is 33.9 Å². The quantitative estimate of drug-likeness (QED) is 0.371. The first kappa shape index (κ1) is 23.6. The summed E-state index contributed by atoms with van der Waals surface area (Å²) in [4.78, 5) is 24.7. The molecule has 0 radical (unpaired) electrons. The molecule has 8 nitrogen and oxygen atoms in total. The van der Waals surface area contributed by atoms with Gasteiger partial charge in [-0.1, -0.05) is 29.4 Å². The minimum atomic E-state index is -0.487. The fraction of sp³-hybridized carbons (Fsp3) is 0.273. The van der Waals surface area contributed by atoms with Crippen molar-refractivity contribution in [3.63, 3.8) is 0 Å². The highest BCUT2D eigenvalue weighted by atomic mass is 35.5. The second-order valence-corrected chi connectivity index (χ2v) is 8.38. The highest BCUT2D eigenvalue weighted by Gasteiger charge is 2.22. The van der Waals surface area contributed by atoms with Crippen LogP contribution in [0.15, 0.2) is 53.7 Å². The smallest absolute Gasteiger partial charge is 0.319 e. The average molecular weight is 475 g/mol. The summed E-state index contributed by atoms with van der Waals surface area (Å²) in [6.07, 6.45) is 0. The summed E-state index contributed by atoms with van der Waals surface area (Å²) in [5, 5.41) is 11.9. The summed E-state index contributed by atoms with van der Waals surface area (Å²) >= 11 is 7.40. The third-order valence-electron chi connectivity index (χ3n) is 4.43. The maximum Gasteiger partial charge on any atom is 0.319 e. The number of carbonyl (C=O) groups is 2. The zero-order valence-electron chi connectivity index (χ0n) is 17.9. The molecular formula is C22H23ClN4O4S. The van der Waals surface area contributed by atoms with Gasteiger partial charge in [0.05, 0.1) is 25.9 Å². The molecule has 1 aromatic heterocycles. The largest absolute Gasteiger partial charge is 0.497 e. The number of rotatable bonds is 9. The third kappa shape index (κ3) is 5.80. The van der Waals surface area contributed by atoms with Crippen LogP contribution in [-0.4, -0.2) is 45.6 Å². The number of hydrogen-bond acceptors (Lipinski definition) is 7. The molecule has 3 aromatic rings. The lowest BCUT2D eigenvalue weighted by atomic mass is 10.2. The Bertz CT molecular complexity index is 1090. The van der Waals surface area contributed by atoms with Crippen LogP contribution in [0.5, 0.6) is 5.75 Å². The number of amides is 1. The summed E-state index contributed by atoms with van der Waals surface area (Å²) in [6.45, 7) is 3.92. The molecule has 0 fully saturated rings. The van der Waals surface area contributed by atoms with Gasteiger partial charge in [-0.3, -0.25) is 14.2 Å². The number of nitrogens with zero attached hydrogens (tertiary/aromatic N) is 3. The van der Waals surface area contributed by atoms with E-state index in [0.717, 1.165) is 5.69 Å². The number of benzene rings is 2. The molecular weight excluding hydrogens is 452 g/mol. The van der Waals surface area contributed by atoms with Crippen molar-refractivity contribution in [3.8, 4) is 11.4 Å². The lowest BCUT2D eigenvalue weighted by molar-refractivity contribution is -0.142. The van der Waals surface area contributed by atoms with E-state index in [2.05, 4.69) is 15.5 Å². The number of halogens is 1. The van der Waals surface area contributed by atoms with Gasteiger partial charge in [-0.15, -0.1) is 10.2 Å². The van der Waals surface area contributed by atoms with Gasteiger partial charge >= 0.3 is 5.97 Å². The predicted octanol–water partition coefficient (Wildman–Crippen LogP) is 3.90. The summed E-state index contributed by atoms with van der Waals surface area (Å²) in [6, 6.07) is 14.0. The molecule has 0 aliphatic rings. The van der Waals surface area contributed by atoms with Crippen LogP contribution in [0.25, 0.3) is 5.69 Å². The van der Waals surface area contributed by atoms with Gasteiger partial charge in [0, 0.05) is 10.6 Å². The second kappa shape index (κ2) is 11.0. The van der Waals surface area contributed by atoms with Gasteiger partial charge in [-0.25, -0.2) is 0 Å². The number of ether oxygens (including phenoxy) is 2. The van der Waals surface area contributed by atoms with E-state index in [1.807, 2.05) is 6.07 Å². The van der Waals surface area contributed by atoms with Gasteiger partial charge in [-0.2, -0.15) is 0 Å². The Hall–Kier alpha value is -3.04. The van der Waals surface area contributed by atoms with Crippen LogP contribution in [0.3, 0.4) is 0 Å². The molecule has 1 unspecified atom stereocenters. The lowest BCUT2D eigenvalue weighted by Crippen LogP contribution is -2.24. The molecule has 32 heavy (non-hydrogen) atoms. The first-order chi connectivity index (χ1) is 15.4. The Labute approximate surface area is 195 Å². The van der Waals surface area contributed by atoms with Gasteiger partial charge in [0.1, 0.15) is 11.0 Å². The molecule has 1 heterocycles. The lowest BCUT2D eigenvalue weighted by Gasteiger charge is -2.13. The Morgan fingerprint density at radius 3 is 2.59 bits per heavy atom. The Balaban J connectivity index is 1.84.